The van der Waals surface area contributed by atoms with E-state index in [1.807, 2.05) is 85.1 Å². The zero-order valence-electron chi connectivity index (χ0n) is 74.0. The fourth-order valence-electron chi connectivity index (χ4n) is 12.1. The number of aryl methyl sites for hydroxylation is 2. The fraction of sp³-hybridized carbons (Fsp3) is 0.161. The van der Waals surface area contributed by atoms with Crippen LogP contribution in [0, 0.1) is 5.82 Å². The number of anilines is 4. The van der Waals surface area contributed by atoms with Crippen LogP contribution in [-0.2, 0) is 133 Å². The van der Waals surface area contributed by atoms with Gasteiger partial charge in [-0.1, -0.05) is 103 Å². The van der Waals surface area contributed by atoms with Crippen molar-refractivity contribution in [1.29, 1.82) is 0 Å². The molecule has 0 aliphatic carbocycles. The first-order valence-corrected chi connectivity index (χ1v) is 57.1. The summed E-state index contributed by atoms with van der Waals surface area (Å²) in [5, 5.41) is 18.3. The van der Waals surface area contributed by atoms with E-state index in [1.165, 1.54) is 90.9 Å². The highest BCUT2D eigenvalue weighted by atomic mass is 35.5. The molecule has 15 rings (SSSR count). The second kappa shape index (κ2) is 45.9. The number of nitrogens with one attached hydrogen (secondary N) is 4. The maximum Gasteiger partial charge on any atom is 0.375 e. The summed E-state index contributed by atoms with van der Waals surface area (Å²) in [6, 6.07) is 57.9. The van der Waals surface area contributed by atoms with Gasteiger partial charge in [0.2, 0.25) is 75.9 Å². The average molecular weight is 2140 g/mol. The molecule has 10 N–H and O–H groups in total. The summed E-state index contributed by atoms with van der Waals surface area (Å²) in [4.78, 5) is 50.8. The summed E-state index contributed by atoms with van der Waals surface area (Å²) in [5.41, 5.74) is 6.67. The molecule has 2 aromatic heterocycles. The van der Waals surface area contributed by atoms with Gasteiger partial charge in [0.05, 0.1) is 109 Å². The van der Waals surface area contributed by atoms with Gasteiger partial charge < -0.3 is 33.0 Å². The van der Waals surface area contributed by atoms with Gasteiger partial charge in [-0.3, -0.25) is 18.9 Å². The summed E-state index contributed by atoms with van der Waals surface area (Å²) in [7, 11) is -26.1. The average Bonchev–Trinajstić information content (AvgIpc) is 1.61. The molecule has 10 aromatic carbocycles. The Morgan fingerprint density at radius 1 is 0.514 bits per heavy atom. The minimum absolute atomic E-state index is 0.00993. The zero-order valence-corrected chi connectivity index (χ0v) is 84.5. The minimum Gasteiger partial charge on any atom is -0.457 e. The Morgan fingerprint density at radius 3 is 1.48 bits per heavy atom. The molecular weight excluding hydrogens is 2060 g/mol. The lowest BCUT2D eigenvalue weighted by Gasteiger charge is -2.21. The molecule has 0 atom stereocenters. The zero-order chi connectivity index (χ0) is 101. The van der Waals surface area contributed by atoms with E-state index in [1.54, 1.807) is 98.5 Å². The predicted octanol–water partition coefficient (Wildman–Crippen LogP) is 14.2. The van der Waals surface area contributed by atoms with Crippen LogP contribution in [0.3, 0.4) is 0 Å². The third-order valence-electron chi connectivity index (χ3n) is 18.2. The third-order valence-corrected chi connectivity index (χ3v) is 28.5. The predicted molar refractivity (Wildman–Crippen MR) is 522 cm³/mol. The van der Waals surface area contributed by atoms with E-state index in [4.69, 9.17) is 59.8 Å². The van der Waals surface area contributed by atoms with Crippen LogP contribution in [0.4, 0.5) is 27.1 Å². The van der Waals surface area contributed by atoms with Crippen molar-refractivity contribution < 1.29 is 124 Å². The third kappa shape index (κ3) is 32.4. The van der Waals surface area contributed by atoms with E-state index in [-0.39, 0.29) is 78.2 Å². The van der Waals surface area contributed by atoms with Gasteiger partial charge in [-0.15, -0.1) is 11.3 Å². The number of imidazole rings is 1. The van der Waals surface area contributed by atoms with Crippen LogP contribution < -0.4 is 48.5 Å². The lowest BCUT2D eigenvalue weighted by molar-refractivity contribution is -0.160. The van der Waals surface area contributed by atoms with Gasteiger partial charge in [0.1, 0.15) is 41.9 Å². The van der Waals surface area contributed by atoms with Crippen LogP contribution in [0.5, 0.6) is 28.7 Å². The molecule has 0 radical (unpaired) electrons. The number of primary sulfonamides is 3. The number of hydrogen-bond acceptors (Lipinski definition) is 33. The van der Waals surface area contributed by atoms with Gasteiger partial charge >= 0.3 is 17.9 Å². The molecule has 0 amide bonds. The highest BCUT2D eigenvalue weighted by molar-refractivity contribution is 8.01. The number of nitrogens with two attached hydrogens (primary N) is 3. The number of carbonyl (C=O) groups excluding carboxylic acids is 3. The lowest BCUT2D eigenvalue weighted by atomic mass is 9.92. The number of sulfonamides is 7. The number of nitrogens with zero attached hydrogens (tertiary/aromatic N) is 3. The Balaban J connectivity index is 0.000000171. The number of sulfone groups is 1. The molecule has 3 aliphatic heterocycles. The number of aromatic nitrogens is 3. The highest BCUT2D eigenvalue weighted by Crippen LogP contribution is 2.44. The van der Waals surface area contributed by atoms with Crippen molar-refractivity contribution in [2.24, 2.45) is 22.5 Å². The number of fused-ring (bicyclic) bond motifs is 1. The molecule has 0 saturated heterocycles. The number of cyclic esters (lactones) is 3. The number of rotatable bonds is 29. The molecule has 0 spiro atoms. The molecular formula is C87H86ClFN10O27S12. The van der Waals surface area contributed by atoms with Crippen LogP contribution in [0.15, 0.2) is 292 Å². The largest absolute Gasteiger partial charge is 0.457 e. The van der Waals surface area contributed by atoms with Crippen molar-refractivity contribution in [2.75, 3.05) is 63.9 Å². The van der Waals surface area contributed by atoms with Gasteiger partial charge in [0.15, 0.2) is 30.8 Å². The standard InChI is InChI=1S/C19H18O5S.C17H14O4S.C14H14N2O4S3.C13H13ClN2O5S2.C13H13FN2O5S2.C11H14N4O4S3/c1-19(2)16(13-9-11-15(12-10-13)25(3,21)22)17(18(20)24-19)23-14-7-5-4-6-8-14;1-19-21-22-14-9-7-12(8-10-14)15-11-20-17(18)16(15)13-5-3-2-4-6-13;1-3-9-7-21-14(15-9)22-12-5-10-8(6-20-13(10)17)4-11(12)16-23(2,18)19;2*1-22(17,18)16-12-7-6-11(23(15,19)20)8-13(12)21-10-4-2-9(14)3-5-10;1-15-6-5-13-11(15)20-10-7-8(22(12,18)19)3-4-9(10)14-21(2,16)17/h4-12H,1-3H3;2-10H,11H2,1H3;4-5,7,16H,3,6H2,1-2H3;2*2-8,16H,1H3,(H2,15,19,20);3-7,14H,1-2H3,(H2,12,18,19). The maximum atomic E-state index is 12.9. The number of benzene rings is 10. The van der Waals surface area contributed by atoms with Crippen LogP contribution in [-0.4, -0.2) is 150 Å². The van der Waals surface area contributed by atoms with Crippen molar-refractivity contribution in [1.82, 2.24) is 14.5 Å². The van der Waals surface area contributed by atoms with Gasteiger partial charge in [-0.2, -0.15) is 4.33 Å². The van der Waals surface area contributed by atoms with Crippen molar-refractivity contribution >= 4 is 196 Å². The monoisotopic (exact) mass is 2140 g/mol. The summed E-state index contributed by atoms with van der Waals surface area (Å²) >= 11 is 10.9. The Labute approximate surface area is 817 Å². The number of ether oxygens (including phenoxy) is 6. The molecule has 12 aromatic rings. The number of para-hydroxylation sites is 1. The van der Waals surface area contributed by atoms with E-state index in [0.717, 1.165) is 123 Å². The topological polar surface area (TPSA) is 555 Å². The van der Waals surface area contributed by atoms with Crippen molar-refractivity contribution in [3.63, 3.8) is 0 Å². The normalized spacial score (nSPS) is 13.5. The molecule has 37 nitrogen and oxygen atoms in total. The molecule has 0 saturated carbocycles. The van der Waals surface area contributed by atoms with Crippen LogP contribution in [0.1, 0.15) is 59.1 Å². The number of carbonyl (C=O) groups is 3. The second-order valence-electron chi connectivity index (χ2n) is 29.7. The Kier molecular flexibility index (Phi) is 36.0. The van der Waals surface area contributed by atoms with Crippen LogP contribution in [0.2, 0.25) is 5.02 Å². The summed E-state index contributed by atoms with van der Waals surface area (Å²) < 4.78 is 245. The minimum atomic E-state index is -4.00. The Morgan fingerprint density at radius 2 is 0.986 bits per heavy atom. The van der Waals surface area contributed by atoms with Crippen LogP contribution >= 0.6 is 58.5 Å². The van der Waals surface area contributed by atoms with Gasteiger partial charge in [-0.05, 0) is 188 Å². The molecule has 0 unspecified atom stereocenters. The highest BCUT2D eigenvalue weighted by Gasteiger charge is 2.43. The maximum absolute atomic E-state index is 12.9. The number of thiazole rings is 1. The molecule has 51 heteroatoms. The molecule has 0 fully saturated rings. The summed E-state index contributed by atoms with van der Waals surface area (Å²) in [6.45, 7) is 6.02. The van der Waals surface area contributed by atoms with Crippen molar-refractivity contribution in [2.45, 2.75) is 83.2 Å². The van der Waals surface area contributed by atoms with Gasteiger partial charge in [0.25, 0.3) is 0 Å². The molecule has 5 heterocycles. The van der Waals surface area contributed by atoms with E-state index in [2.05, 4.69) is 33.7 Å². The lowest BCUT2D eigenvalue weighted by Crippen LogP contribution is -2.22. The molecule has 732 valence electrons. The first kappa shape index (κ1) is 108. The quantitative estimate of drug-likeness (QED) is 0.00752. The van der Waals surface area contributed by atoms with Crippen molar-refractivity contribution in [3.05, 3.63) is 292 Å². The van der Waals surface area contributed by atoms with Crippen LogP contribution in [0.25, 0.3) is 16.7 Å². The molecule has 0 bridgehead atoms. The van der Waals surface area contributed by atoms with Gasteiger partial charge in [-0.25, -0.2) is 116 Å². The van der Waals surface area contributed by atoms with E-state index >= 15 is 0 Å². The summed E-state index contributed by atoms with van der Waals surface area (Å²) in [6.07, 6.45) is 9.28. The number of halogens is 2. The first-order chi connectivity index (χ1) is 64.5. The first-order valence-electron chi connectivity index (χ1n) is 39.3. The smallest absolute Gasteiger partial charge is 0.375 e. The summed E-state index contributed by atoms with van der Waals surface area (Å²) in [5.74, 6) is -0.616. The van der Waals surface area contributed by atoms with E-state index in [0.29, 0.717) is 71.6 Å². The number of hydrogen-bond donors (Lipinski definition) is 7. The molecule has 138 heavy (non-hydrogen) atoms. The molecule has 3 aliphatic rings. The number of esters is 3. The Bertz CT molecular complexity index is 7430. The van der Waals surface area contributed by atoms with E-state index < -0.39 is 97.4 Å². The Hall–Kier alpha value is -11.8. The fourth-order valence-corrected chi connectivity index (χ4v) is 20.3. The van der Waals surface area contributed by atoms with Gasteiger partial charge in [0, 0.05) is 74.1 Å². The van der Waals surface area contributed by atoms with E-state index in [9.17, 15) is 86.1 Å². The SMILES string of the molecule is CC1(C)OC(=O)C(Oc2ccccc2)=C1c1ccc(S(C)(=O)=O)cc1.CCc1csc(Sc2cc3c(cc2NS(C)(=O)=O)COC3=O)n1.COOSc1ccc(C2=C(c3ccccc3)C(=O)OC2)cc1.CS(=O)(=O)Nc1ccc(S(N)(=O)=O)cc1Oc1ccc(Cl)cc1.CS(=O)(=O)Nc1ccc(S(N)(=O)=O)cc1Oc1ccc(F)cc1.Cn1ccnc1Sc1cc(S(N)(=O)=O)ccc1NS(C)(=O)=O. The van der Waals surface area contributed by atoms with Crippen molar-refractivity contribution in [3.8, 4) is 28.7 Å². The second-order valence-corrected chi connectivity index (χ2v) is 47.8.